The molecule has 0 atom stereocenters. The van der Waals surface area contributed by atoms with E-state index in [1.165, 1.54) is 0 Å². The molecule has 0 unspecified atom stereocenters. The fourth-order valence-electron chi connectivity index (χ4n) is 0. The second-order valence-corrected chi connectivity index (χ2v) is 1.32. The van der Waals surface area contributed by atoms with Crippen molar-refractivity contribution in [2.45, 2.75) is 5.79 Å². The molecule has 0 saturated heterocycles. The van der Waals surface area contributed by atoms with Crippen LogP contribution in [0.2, 0.25) is 0 Å². The Bertz CT molecular complexity index is 45.0. The number of halogens is 4. The van der Waals surface area contributed by atoms with Crippen LogP contribution in [0.15, 0.2) is 0 Å². The Balaban J connectivity index is -0.0000000208. The van der Waals surface area contributed by atoms with E-state index in [2.05, 4.69) is 0 Å². The third kappa shape index (κ3) is 36.0. The summed E-state index contributed by atoms with van der Waals surface area (Å²) in [6.45, 7) is 0.104. The van der Waals surface area contributed by atoms with E-state index in [1.54, 1.807) is 0 Å². The molecule has 0 aliphatic rings. The van der Waals surface area contributed by atoms with Crippen molar-refractivity contribution in [2.75, 3.05) is 6.54 Å². The van der Waals surface area contributed by atoms with Gasteiger partial charge in [0.2, 0.25) is 0 Å². The third-order valence-electron chi connectivity index (χ3n) is 0.354. The number of rotatable bonds is 1. The second-order valence-electron chi connectivity index (χ2n) is 1.32. The number of hydrogen-bond donors (Lipinski definition) is 4. The van der Waals surface area contributed by atoms with E-state index < -0.39 is 5.79 Å². The van der Waals surface area contributed by atoms with Gasteiger partial charge >= 0.3 is 0 Å². The van der Waals surface area contributed by atoms with Gasteiger partial charge in [0.05, 0.1) is 0 Å². The average molecular weight is 236 g/mol. The maximum Gasteiger partial charge on any atom is 0.128 e. The first-order chi connectivity index (χ1) is 2.56. The van der Waals surface area contributed by atoms with Gasteiger partial charge in [-0.3, -0.25) is 0 Å². The van der Waals surface area contributed by atoms with Crippen LogP contribution in [-0.4, -0.2) is 12.3 Å². The molecule has 0 aromatic carbocycles. The first-order valence-electron chi connectivity index (χ1n) is 1.63. The lowest BCUT2D eigenvalue weighted by Gasteiger charge is -2.13. The Kier molecular flexibility index (Phi) is 38.7. The zero-order valence-electron chi connectivity index (χ0n) is 5.15. The quantitative estimate of drug-likeness (QED) is 0.445. The summed E-state index contributed by atoms with van der Waals surface area (Å²) < 4.78 is 0. The zero-order chi connectivity index (χ0) is 5.21. The van der Waals surface area contributed by atoms with Crippen LogP contribution in [0.1, 0.15) is 0 Å². The molecule has 0 aliphatic carbocycles. The number of hydrogen-bond acceptors (Lipinski definition) is 4. The van der Waals surface area contributed by atoms with Crippen molar-refractivity contribution in [3.63, 3.8) is 0 Å². The largest absolute Gasteiger partial charge is 0.326 e. The van der Waals surface area contributed by atoms with Crippen LogP contribution >= 0.6 is 49.6 Å². The molecule has 8 N–H and O–H groups in total. The molecule has 0 amide bonds. The molecule has 0 fully saturated rings. The minimum Gasteiger partial charge on any atom is -0.326 e. The van der Waals surface area contributed by atoms with Gasteiger partial charge in [0.15, 0.2) is 0 Å². The minimum atomic E-state index is -1.18. The van der Waals surface area contributed by atoms with E-state index in [9.17, 15) is 0 Å². The lowest BCUT2D eigenvalue weighted by molar-refractivity contribution is 0.474. The van der Waals surface area contributed by atoms with Crippen LogP contribution in [0.5, 0.6) is 0 Å². The summed E-state index contributed by atoms with van der Waals surface area (Å²) in [5, 5.41) is 0. The van der Waals surface area contributed by atoms with Crippen LogP contribution in [0.4, 0.5) is 0 Å². The first kappa shape index (κ1) is 30.6. The molecule has 0 heterocycles. The molecule has 0 bridgehead atoms. The van der Waals surface area contributed by atoms with Crippen molar-refractivity contribution in [1.82, 2.24) is 0 Å². The van der Waals surface area contributed by atoms with Gasteiger partial charge in [-0.25, -0.2) is 0 Å². The summed E-state index contributed by atoms with van der Waals surface area (Å²) in [5.41, 5.74) is 19.8. The monoisotopic (exact) mass is 234 g/mol. The minimum absolute atomic E-state index is 0. The Morgan fingerprint density at radius 1 is 0.800 bits per heavy atom. The van der Waals surface area contributed by atoms with E-state index in [1.807, 2.05) is 0 Å². The summed E-state index contributed by atoms with van der Waals surface area (Å²) in [5.74, 6) is -1.18. The molecule has 0 aromatic rings. The van der Waals surface area contributed by atoms with E-state index in [0.29, 0.717) is 0 Å². The van der Waals surface area contributed by atoms with Gasteiger partial charge in [0.1, 0.15) is 5.79 Å². The molecule has 4 nitrogen and oxygen atoms in total. The van der Waals surface area contributed by atoms with Gasteiger partial charge in [-0.05, 0) is 0 Å². The first-order valence-corrected chi connectivity index (χ1v) is 1.63. The summed E-state index contributed by atoms with van der Waals surface area (Å²) in [6.07, 6.45) is 0. The van der Waals surface area contributed by atoms with Crippen LogP contribution < -0.4 is 22.9 Å². The molecule has 8 heteroatoms. The van der Waals surface area contributed by atoms with Crippen LogP contribution in [-0.2, 0) is 0 Å². The Hall–Kier alpha value is 1.000. The van der Waals surface area contributed by atoms with Gasteiger partial charge < -0.3 is 22.9 Å². The third-order valence-corrected chi connectivity index (χ3v) is 0.354. The standard InChI is InChI=1S/C2H10N4.4ClH/c3-1-2(4,5)6;;;;/h1,3-6H2;4*1H. The molecule has 10 heavy (non-hydrogen) atoms. The van der Waals surface area contributed by atoms with Crippen molar-refractivity contribution in [3.8, 4) is 0 Å². The molecule has 0 saturated carbocycles. The Morgan fingerprint density at radius 3 is 0.900 bits per heavy atom. The van der Waals surface area contributed by atoms with Crippen LogP contribution in [0, 0.1) is 0 Å². The molecule has 0 rings (SSSR count). The van der Waals surface area contributed by atoms with Crippen molar-refractivity contribution >= 4 is 49.6 Å². The predicted octanol–water partition coefficient (Wildman–Crippen LogP) is -0.838. The second kappa shape index (κ2) is 12.7. The molecule has 0 aromatic heterocycles. The molecule has 0 radical (unpaired) electrons. The molecule has 0 spiro atoms. The molecular formula is C2H14Cl4N4. The van der Waals surface area contributed by atoms with Crippen molar-refractivity contribution in [2.24, 2.45) is 22.9 Å². The fraction of sp³-hybridized carbons (Fsp3) is 1.00. The van der Waals surface area contributed by atoms with Gasteiger partial charge in [-0.15, -0.1) is 49.6 Å². The van der Waals surface area contributed by atoms with Crippen molar-refractivity contribution < 1.29 is 0 Å². The normalized spacial score (nSPS) is 7.20. The van der Waals surface area contributed by atoms with Crippen molar-refractivity contribution in [1.29, 1.82) is 0 Å². The van der Waals surface area contributed by atoms with E-state index in [4.69, 9.17) is 22.9 Å². The summed E-state index contributed by atoms with van der Waals surface area (Å²) in [4.78, 5) is 0. The zero-order valence-corrected chi connectivity index (χ0v) is 8.42. The summed E-state index contributed by atoms with van der Waals surface area (Å²) in [6, 6.07) is 0. The molecule has 0 aliphatic heterocycles. The average Bonchev–Trinajstić information content (AvgIpc) is 1.35. The number of nitrogens with two attached hydrogens (primary N) is 4. The van der Waals surface area contributed by atoms with Gasteiger partial charge in [-0.2, -0.15) is 0 Å². The smallest absolute Gasteiger partial charge is 0.128 e. The summed E-state index contributed by atoms with van der Waals surface area (Å²) >= 11 is 0. The lowest BCUT2D eigenvalue weighted by Crippen LogP contribution is -2.63. The lowest BCUT2D eigenvalue weighted by atomic mass is 10.4. The highest BCUT2D eigenvalue weighted by Gasteiger charge is 2.04. The van der Waals surface area contributed by atoms with Crippen LogP contribution in [0.25, 0.3) is 0 Å². The van der Waals surface area contributed by atoms with Gasteiger partial charge in [0, 0.05) is 6.54 Å². The highest BCUT2D eigenvalue weighted by atomic mass is 35.5. The van der Waals surface area contributed by atoms with Gasteiger partial charge in [0.25, 0.3) is 0 Å². The van der Waals surface area contributed by atoms with Gasteiger partial charge in [-0.1, -0.05) is 0 Å². The Morgan fingerprint density at radius 2 is 0.900 bits per heavy atom. The van der Waals surface area contributed by atoms with E-state index in [-0.39, 0.29) is 56.2 Å². The maximum atomic E-state index is 4.97. The maximum absolute atomic E-state index is 4.97. The Labute approximate surface area is 85.1 Å². The molecule has 70 valence electrons. The van der Waals surface area contributed by atoms with E-state index >= 15 is 0 Å². The fourth-order valence-corrected chi connectivity index (χ4v) is 0. The van der Waals surface area contributed by atoms with E-state index in [0.717, 1.165) is 0 Å². The highest BCUT2D eigenvalue weighted by molar-refractivity contribution is 5.86. The SMILES string of the molecule is Cl.Cl.Cl.Cl.NCC(N)(N)N. The summed E-state index contributed by atoms with van der Waals surface area (Å²) in [7, 11) is 0. The topological polar surface area (TPSA) is 104 Å². The van der Waals surface area contributed by atoms with Crippen molar-refractivity contribution in [3.05, 3.63) is 0 Å². The molecular weight excluding hydrogens is 222 g/mol. The van der Waals surface area contributed by atoms with Crippen LogP contribution in [0.3, 0.4) is 0 Å². The highest BCUT2D eigenvalue weighted by Crippen LogP contribution is 1.62. The predicted molar refractivity (Wildman–Crippen MR) is 53.3 cm³/mol.